The summed E-state index contributed by atoms with van der Waals surface area (Å²) in [6, 6.07) is 5.02. The van der Waals surface area contributed by atoms with Gasteiger partial charge in [-0.05, 0) is 57.0 Å². The summed E-state index contributed by atoms with van der Waals surface area (Å²) in [6.45, 7) is 3.75. The first-order chi connectivity index (χ1) is 12.1. The minimum atomic E-state index is -0.170. The first-order valence-corrected chi connectivity index (χ1v) is 9.26. The number of anilines is 1. The third-order valence-corrected chi connectivity index (χ3v) is 5.36. The summed E-state index contributed by atoms with van der Waals surface area (Å²) in [5.74, 6) is 0.704. The fraction of sp³-hybridized carbons (Fsp3) is 0.556. The van der Waals surface area contributed by atoms with Gasteiger partial charge in [0.2, 0.25) is 0 Å². The lowest BCUT2D eigenvalue weighted by molar-refractivity contribution is 0.0687. The van der Waals surface area contributed by atoms with Crippen LogP contribution in [-0.2, 0) is 0 Å². The molecule has 0 aliphatic carbocycles. The molecule has 0 atom stereocenters. The van der Waals surface area contributed by atoms with Crippen LogP contribution in [0.4, 0.5) is 10.5 Å². The number of urea groups is 1. The lowest BCUT2D eigenvalue weighted by Gasteiger charge is -2.32. The van der Waals surface area contributed by atoms with Crippen molar-refractivity contribution in [3.8, 4) is 0 Å². The molecule has 144 valence electrons. The van der Waals surface area contributed by atoms with Crippen LogP contribution >= 0.6 is 24.0 Å². The number of carbonyl (C=O) groups is 2. The summed E-state index contributed by atoms with van der Waals surface area (Å²) < 4.78 is 0. The number of likely N-dealkylation sites (tertiary alicyclic amines) is 1. The number of hydrogen-bond acceptors (Lipinski definition) is 3. The van der Waals surface area contributed by atoms with E-state index in [1.807, 2.05) is 11.9 Å². The van der Waals surface area contributed by atoms with Crippen LogP contribution in [0.15, 0.2) is 18.2 Å². The van der Waals surface area contributed by atoms with Crippen LogP contribution in [0.2, 0.25) is 5.02 Å². The summed E-state index contributed by atoms with van der Waals surface area (Å²) in [6.07, 6.45) is 3.25. The fourth-order valence-corrected chi connectivity index (χ4v) is 3.73. The minimum absolute atomic E-state index is 0. The van der Waals surface area contributed by atoms with Gasteiger partial charge in [0.15, 0.2) is 0 Å². The van der Waals surface area contributed by atoms with Crippen LogP contribution in [-0.4, -0.2) is 56.6 Å². The topological polar surface area (TPSA) is 64.7 Å². The minimum Gasteiger partial charge on any atom is -0.339 e. The zero-order valence-electron chi connectivity index (χ0n) is 15.0. The lowest BCUT2D eigenvalue weighted by Crippen LogP contribution is -2.39. The highest BCUT2D eigenvalue weighted by molar-refractivity contribution is 6.34. The van der Waals surface area contributed by atoms with Gasteiger partial charge in [0.05, 0.1) is 10.7 Å². The van der Waals surface area contributed by atoms with Crippen LogP contribution < -0.4 is 15.5 Å². The van der Waals surface area contributed by atoms with Crippen LogP contribution in [0.5, 0.6) is 0 Å². The van der Waals surface area contributed by atoms with E-state index in [9.17, 15) is 9.59 Å². The van der Waals surface area contributed by atoms with Crippen molar-refractivity contribution in [1.29, 1.82) is 0 Å². The molecule has 0 saturated carbocycles. The molecule has 2 aliphatic rings. The molecule has 0 radical (unpaired) electrons. The number of amides is 3. The fourth-order valence-electron chi connectivity index (χ4n) is 3.51. The van der Waals surface area contributed by atoms with E-state index >= 15 is 0 Å². The van der Waals surface area contributed by atoms with E-state index in [2.05, 4.69) is 10.6 Å². The van der Waals surface area contributed by atoms with Gasteiger partial charge < -0.3 is 15.5 Å². The summed E-state index contributed by atoms with van der Waals surface area (Å²) in [7, 11) is 1.97. The molecule has 2 fully saturated rings. The Morgan fingerprint density at radius 1 is 1.31 bits per heavy atom. The van der Waals surface area contributed by atoms with Crippen LogP contribution in [0, 0.1) is 5.92 Å². The van der Waals surface area contributed by atoms with Crippen molar-refractivity contribution in [1.82, 2.24) is 15.5 Å². The molecule has 2 aliphatic heterocycles. The molecule has 2 N–H and O–H groups in total. The van der Waals surface area contributed by atoms with Crippen molar-refractivity contribution in [2.24, 2.45) is 5.92 Å². The SMILES string of the molecule is CNCCC1CCN(C(=O)c2ccc(Cl)c(N3CCNC3=O)c2)CC1.Cl. The second kappa shape index (κ2) is 9.44. The Morgan fingerprint density at radius 2 is 2.04 bits per heavy atom. The van der Waals surface area contributed by atoms with E-state index in [0.717, 1.165) is 38.9 Å². The molecule has 6 nitrogen and oxygen atoms in total. The number of piperidine rings is 1. The molecule has 26 heavy (non-hydrogen) atoms. The summed E-state index contributed by atoms with van der Waals surface area (Å²) in [5.41, 5.74) is 1.19. The van der Waals surface area contributed by atoms with Crippen LogP contribution in [0.25, 0.3) is 0 Å². The Labute approximate surface area is 165 Å². The standard InChI is InChI=1S/C18H25ClN4O2.ClH/c1-20-7-4-13-5-9-22(10-6-13)17(24)14-2-3-15(19)16(12-14)23-11-8-21-18(23)25;/h2-3,12-13,20H,4-11H2,1H3,(H,21,25);1H. The van der Waals surface area contributed by atoms with Gasteiger partial charge in [0.1, 0.15) is 0 Å². The van der Waals surface area contributed by atoms with E-state index in [1.54, 1.807) is 23.1 Å². The smallest absolute Gasteiger partial charge is 0.322 e. The molecule has 3 rings (SSSR count). The quantitative estimate of drug-likeness (QED) is 0.798. The van der Waals surface area contributed by atoms with Gasteiger partial charge in [0.25, 0.3) is 5.91 Å². The molecule has 2 saturated heterocycles. The third kappa shape index (κ3) is 4.61. The Bertz CT molecular complexity index is 648. The molecule has 3 amide bonds. The average molecular weight is 401 g/mol. The van der Waals surface area contributed by atoms with E-state index < -0.39 is 0 Å². The van der Waals surface area contributed by atoms with Crippen molar-refractivity contribution >= 4 is 41.6 Å². The maximum Gasteiger partial charge on any atom is 0.322 e. The van der Waals surface area contributed by atoms with Crippen molar-refractivity contribution < 1.29 is 9.59 Å². The number of halogens is 2. The summed E-state index contributed by atoms with van der Waals surface area (Å²) in [4.78, 5) is 28.2. The molecule has 0 unspecified atom stereocenters. The second-order valence-corrected chi connectivity index (χ2v) is 7.08. The van der Waals surface area contributed by atoms with Crippen molar-refractivity contribution in [3.05, 3.63) is 28.8 Å². The monoisotopic (exact) mass is 400 g/mol. The van der Waals surface area contributed by atoms with E-state index in [1.165, 1.54) is 0 Å². The largest absolute Gasteiger partial charge is 0.339 e. The molecule has 1 aromatic carbocycles. The van der Waals surface area contributed by atoms with E-state index in [0.29, 0.717) is 35.3 Å². The number of nitrogens with one attached hydrogen (secondary N) is 2. The molecule has 8 heteroatoms. The molecule has 0 spiro atoms. The number of hydrogen-bond donors (Lipinski definition) is 2. The molecular weight excluding hydrogens is 375 g/mol. The Hall–Kier alpha value is -1.50. The van der Waals surface area contributed by atoms with Gasteiger partial charge in [-0.1, -0.05) is 11.6 Å². The number of rotatable bonds is 5. The Morgan fingerprint density at radius 3 is 2.65 bits per heavy atom. The van der Waals surface area contributed by atoms with Crippen LogP contribution in [0.1, 0.15) is 29.6 Å². The van der Waals surface area contributed by atoms with E-state index in [4.69, 9.17) is 11.6 Å². The van der Waals surface area contributed by atoms with Crippen molar-refractivity contribution in [3.63, 3.8) is 0 Å². The molecule has 2 heterocycles. The van der Waals surface area contributed by atoms with Crippen molar-refractivity contribution in [2.75, 3.05) is 44.7 Å². The van der Waals surface area contributed by atoms with Gasteiger partial charge in [-0.3, -0.25) is 9.69 Å². The predicted molar refractivity (Wildman–Crippen MR) is 107 cm³/mol. The van der Waals surface area contributed by atoms with Crippen LogP contribution in [0.3, 0.4) is 0 Å². The Kier molecular flexibility index (Phi) is 7.55. The molecule has 0 bridgehead atoms. The number of benzene rings is 1. The maximum absolute atomic E-state index is 12.8. The highest BCUT2D eigenvalue weighted by Crippen LogP contribution is 2.29. The average Bonchev–Trinajstić information content (AvgIpc) is 3.06. The molecule has 1 aromatic rings. The third-order valence-electron chi connectivity index (χ3n) is 5.04. The van der Waals surface area contributed by atoms with Gasteiger partial charge >= 0.3 is 6.03 Å². The van der Waals surface area contributed by atoms with Gasteiger partial charge in [0, 0.05) is 31.7 Å². The zero-order chi connectivity index (χ0) is 17.8. The summed E-state index contributed by atoms with van der Waals surface area (Å²) >= 11 is 6.25. The predicted octanol–water partition coefficient (Wildman–Crippen LogP) is 2.75. The summed E-state index contributed by atoms with van der Waals surface area (Å²) in [5, 5.41) is 6.43. The highest BCUT2D eigenvalue weighted by atomic mass is 35.5. The highest BCUT2D eigenvalue weighted by Gasteiger charge is 2.27. The normalized spacial score (nSPS) is 17.8. The number of carbonyl (C=O) groups excluding carboxylic acids is 2. The van der Waals surface area contributed by atoms with Gasteiger partial charge in [-0.2, -0.15) is 0 Å². The van der Waals surface area contributed by atoms with Crippen molar-refractivity contribution in [2.45, 2.75) is 19.3 Å². The first kappa shape index (κ1) is 20.8. The zero-order valence-corrected chi connectivity index (χ0v) is 16.5. The van der Waals surface area contributed by atoms with Gasteiger partial charge in [-0.25, -0.2) is 4.79 Å². The Balaban J connectivity index is 0.00000243. The first-order valence-electron chi connectivity index (χ1n) is 8.89. The molecule has 0 aromatic heterocycles. The second-order valence-electron chi connectivity index (χ2n) is 6.68. The van der Waals surface area contributed by atoms with E-state index in [-0.39, 0.29) is 24.3 Å². The lowest BCUT2D eigenvalue weighted by atomic mass is 9.93. The van der Waals surface area contributed by atoms with Gasteiger partial charge in [-0.15, -0.1) is 12.4 Å². The number of nitrogens with zero attached hydrogens (tertiary/aromatic N) is 2. The maximum atomic E-state index is 12.8. The molecular formula is C18H26Cl2N4O2.